The van der Waals surface area contributed by atoms with Crippen molar-refractivity contribution in [2.75, 3.05) is 10.6 Å². The second-order valence-corrected chi connectivity index (χ2v) is 9.70. The zero-order valence-electron chi connectivity index (χ0n) is 20.0. The van der Waals surface area contributed by atoms with Crippen LogP contribution in [0.25, 0.3) is 0 Å². The molecular formula is C29H22Cl2N4O3. The highest BCUT2D eigenvalue weighted by molar-refractivity contribution is 6.31. The van der Waals surface area contributed by atoms with Gasteiger partial charge in [-0.1, -0.05) is 53.5 Å². The molecule has 0 fully saturated rings. The highest BCUT2D eigenvalue weighted by Crippen LogP contribution is 2.29. The first kappa shape index (κ1) is 25.4. The maximum absolute atomic E-state index is 13.7. The Morgan fingerprint density at radius 3 is 2.42 bits per heavy atom. The van der Waals surface area contributed by atoms with Gasteiger partial charge in [0, 0.05) is 34.8 Å². The predicted octanol–water partition coefficient (Wildman–Crippen LogP) is 5.85. The molecule has 3 aromatic carbocycles. The zero-order chi connectivity index (χ0) is 26.6. The fraction of sp³-hybridized carbons (Fsp3) is 0.103. The summed E-state index contributed by atoms with van der Waals surface area (Å²) in [5, 5.41) is 6.57. The average Bonchev–Trinajstić information content (AvgIpc) is 2.99. The summed E-state index contributed by atoms with van der Waals surface area (Å²) < 4.78 is 0. The van der Waals surface area contributed by atoms with Gasteiger partial charge in [0.15, 0.2) is 0 Å². The molecule has 1 unspecified atom stereocenters. The minimum atomic E-state index is -0.806. The molecule has 1 atom stereocenters. The molecule has 1 aromatic heterocycles. The van der Waals surface area contributed by atoms with Crippen molar-refractivity contribution < 1.29 is 14.4 Å². The number of hydrogen-bond acceptors (Lipinski definition) is 4. The van der Waals surface area contributed by atoms with E-state index >= 15 is 0 Å². The summed E-state index contributed by atoms with van der Waals surface area (Å²) in [5.74, 6) is -0.486. The van der Waals surface area contributed by atoms with Crippen LogP contribution in [-0.2, 0) is 17.8 Å². The lowest BCUT2D eigenvalue weighted by Crippen LogP contribution is -2.46. The highest BCUT2D eigenvalue weighted by atomic mass is 35.5. The molecule has 0 bridgehead atoms. The number of carbonyl (C=O) groups is 3. The van der Waals surface area contributed by atoms with Crippen molar-refractivity contribution in [3.63, 3.8) is 0 Å². The monoisotopic (exact) mass is 544 g/mol. The number of aromatic nitrogens is 1. The average molecular weight is 545 g/mol. The number of halogens is 2. The highest BCUT2D eigenvalue weighted by Gasteiger charge is 2.35. The number of anilines is 2. The van der Waals surface area contributed by atoms with Crippen LogP contribution >= 0.6 is 23.2 Å². The third-order valence-electron chi connectivity index (χ3n) is 6.20. The first-order chi connectivity index (χ1) is 18.4. The Kier molecular flexibility index (Phi) is 7.40. The third kappa shape index (κ3) is 5.69. The number of amides is 3. The first-order valence-electron chi connectivity index (χ1n) is 11.8. The topological polar surface area (TPSA) is 91.4 Å². The van der Waals surface area contributed by atoms with Crippen molar-refractivity contribution in [1.82, 2.24) is 9.88 Å². The quantitative estimate of drug-likeness (QED) is 0.318. The SMILES string of the molecule is O=C(Nc1ccccn1)c1ccc(CN2C(=O)c3ccc(Cl)cc3NC(=O)C2Cc2cccc(Cl)c2)cc1. The smallest absolute Gasteiger partial charge is 0.256 e. The number of carbonyl (C=O) groups excluding carboxylic acids is 3. The molecule has 2 N–H and O–H groups in total. The number of nitrogens with zero attached hydrogens (tertiary/aromatic N) is 2. The lowest BCUT2D eigenvalue weighted by molar-refractivity contribution is -0.120. The van der Waals surface area contributed by atoms with Crippen LogP contribution in [0.2, 0.25) is 10.0 Å². The molecule has 3 amide bonds. The Hall–Kier alpha value is -4.20. The minimum Gasteiger partial charge on any atom is -0.323 e. The van der Waals surface area contributed by atoms with Gasteiger partial charge in [-0.3, -0.25) is 14.4 Å². The first-order valence-corrected chi connectivity index (χ1v) is 12.6. The molecule has 0 radical (unpaired) electrons. The molecule has 0 saturated carbocycles. The third-order valence-corrected chi connectivity index (χ3v) is 6.67. The van der Waals surface area contributed by atoms with Crippen LogP contribution in [0.3, 0.4) is 0 Å². The van der Waals surface area contributed by atoms with Crippen LogP contribution in [0.5, 0.6) is 0 Å². The van der Waals surface area contributed by atoms with Crippen molar-refractivity contribution in [2.24, 2.45) is 0 Å². The van der Waals surface area contributed by atoms with Gasteiger partial charge < -0.3 is 15.5 Å². The van der Waals surface area contributed by atoms with Crippen LogP contribution < -0.4 is 10.6 Å². The summed E-state index contributed by atoms with van der Waals surface area (Å²) in [7, 11) is 0. The number of fused-ring (bicyclic) bond motifs is 1. The van der Waals surface area contributed by atoms with Crippen molar-refractivity contribution in [1.29, 1.82) is 0 Å². The Morgan fingerprint density at radius 2 is 1.68 bits per heavy atom. The molecule has 1 aliphatic heterocycles. The fourth-order valence-corrected chi connectivity index (χ4v) is 4.70. The van der Waals surface area contributed by atoms with Crippen molar-refractivity contribution >= 4 is 52.4 Å². The van der Waals surface area contributed by atoms with E-state index in [1.807, 2.05) is 12.1 Å². The summed E-state index contributed by atoms with van der Waals surface area (Å²) in [5.41, 5.74) is 2.74. The van der Waals surface area contributed by atoms with Gasteiger partial charge in [0.05, 0.1) is 11.3 Å². The molecule has 0 aliphatic carbocycles. The summed E-state index contributed by atoms with van der Waals surface area (Å²) in [6.45, 7) is 0.154. The van der Waals surface area contributed by atoms with Gasteiger partial charge in [-0.25, -0.2) is 4.98 Å². The fourth-order valence-electron chi connectivity index (χ4n) is 4.32. The molecule has 190 valence electrons. The second kappa shape index (κ2) is 11.0. The molecule has 2 heterocycles. The van der Waals surface area contributed by atoms with E-state index in [-0.39, 0.29) is 30.7 Å². The van der Waals surface area contributed by atoms with Gasteiger partial charge in [-0.15, -0.1) is 0 Å². The Balaban J connectivity index is 1.43. The molecule has 5 rings (SSSR count). The molecular weight excluding hydrogens is 523 g/mol. The van der Waals surface area contributed by atoms with E-state index in [1.54, 1.807) is 83.9 Å². The molecule has 0 spiro atoms. The van der Waals surface area contributed by atoms with Crippen molar-refractivity contribution in [3.05, 3.63) is 123 Å². The van der Waals surface area contributed by atoms with Gasteiger partial charge in [0.1, 0.15) is 11.9 Å². The van der Waals surface area contributed by atoms with E-state index in [2.05, 4.69) is 15.6 Å². The van der Waals surface area contributed by atoms with Crippen LogP contribution in [0, 0.1) is 0 Å². The Morgan fingerprint density at radius 1 is 0.895 bits per heavy atom. The van der Waals surface area contributed by atoms with Gasteiger partial charge in [-0.05, 0) is 65.7 Å². The molecule has 9 heteroatoms. The van der Waals surface area contributed by atoms with E-state index in [0.717, 1.165) is 11.1 Å². The molecule has 0 saturated heterocycles. The largest absolute Gasteiger partial charge is 0.323 e. The van der Waals surface area contributed by atoms with Gasteiger partial charge in [0.25, 0.3) is 11.8 Å². The number of rotatable bonds is 6. The lowest BCUT2D eigenvalue weighted by atomic mass is 10.0. The summed E-state index contributed by atoms with van der Waals surface area (Å²) in [6.07, 6.45) is 1.86. The molecule has 38 heavy (non-hydrogen) atoms. The van der Waals surface area contributed by atoms with E-state index in [4.69, 9.17) is 23.2 Å². The van der Waals surface area contributed by atoms with Crippen molar-refractivity contribution in [2.45, 2.75) is 19.0 Å². The Bertz CT molecular complexity index is 1510. The number of nitrogens with one attached hydrogen (secondary N) is 2. The van der Waals surface area contributed by atoms with Crippen LogP contribution in [-0.4, -0.2) is 33.6 Å². The molecule has 4 aromatic rings. The number of pyridine rings is 1. The van der Waals surface area contributed by atoms with Gasteiger partial charge in [0.2, 0.25) is 5.91 Å². The predicted molar refractivity (Wildman–Crippen MR) is 148 cm³/mol. The number of hydrogen-bond donors (Lipinski definition) is 2. The summed E-state index contributed by atoms with van der Waals surface area (Å²) in [4.78, 5) is 45.4. The lowest BCUT2D eigenvalue weighted by Gasteiger charge is -2.29. The molecule has 7 nitrogen and oxygen atoms in total. The zero-order valence-corrected chi connectivity index (χ0v) is 21.5. The normalized spacial score (nSPS) is 14.9. The second-order valence-electron chi connectivity index (χ2n) is 8.83. The van der Waals surface area contributed by atoms with Crippen molar-refractivity contribution in [3.8, 4) is 0 Å². The summed E-state index contributed by atoms with van der Waals surface area (Å²) >= 11 is 12.3. The van der Waals surface area contributed by atoms with Crippen LogP contribution in [0.4, 0.5) is 11.5 Å². The van der Waals surface area contributed by atoms with Crippen LogP contribution in [0.1, 0.15) is 31.8 Å². The molecule has 1 aliphatic rings. The minimum absolute atomic E-state index is 0.154. The van der Waals surface area contributed by atoms with E-state index in [9.17, 15) is 14.4 Å². The van der Waals surface area contributed by atoms with E-state index in [0.29, 0.717) is 32.7 Å². The van der Waals surface area contributed by atoms with Gasteiger partial charge >= 0.3 is 0 Å². The maximum Gasteiger partial charge on any atom is 0.256 e. The maximum atomic E-state index is 13.7. The van der Waals surface area contributed by atoms with Crippen LogP contribution in [0.15, 0.2) is 91.1 Å². The van der Waals surface area contributed by atoms with E-state index in [1.165, 1.54) is 0 Å². The Labute approximate surface area is 229 Å². The van der Waals surface area contributed by atoms with E-state index < -0.39 is 6.04 Å². The number of benzene rings is 3. The van der Waals surface area contributed by atoms with Gasteiger partial charge in [-0.2, -0.15) is 0 Å². The summed E-state index contributed by atoms with van der Waals surface area (Å²) in [6, 6.07) is 23.3. The standard InChI is InChI=1S/C29H22Cl2N4O3/c30-21-5-3-4-19(14-21)15-25-28(37)33-24-16-22(31)11-12-23(24)29(38)35(25)17-18-7-9-20(10-8-18)27(36)34-26-6-1-2-13-32-26/h1-14,16,25H,15,17H2,(H,33,37)(H,32,34,36).